The second-order valence-corrected chi connectivity index (χ2v) is 9.78. The van der Waals surface area contributed by atoms with Crippen molar-refractivity contribution in [1.82, 2.24) is 9.47 Å². The molecule has 0 spiro atoms. The van der Waals surface area contributed by atoms with Crippen LogP contribution in [0.15, 0.2) is 52.8 Å². The number of amides is 1. The topological polar surface area (TPSA) is 51.5 Å². The summed E-state index contributed by atoms with van der Waals surface area (Å²) in [6, 6.07) is 8.50. The van der Waals surface area contributed by atoms with Gasteiger partial charge in [0.15, 0.2) is 0 Å². The normalized spacial score (nSPS) is 17.4. The van der Waals surface area contributed by atoms with Crippen LogP contribution >= 0.6 is 0 Å². The zero-order chi connectivity index (χ0) is 25.3. The van der Waals surface area contributed by atoms with Crippen LogP contribution in [0.1, 0.15) is 67.1 Å². The highest BCUT2D eigenvalue weighted by molar-refractivity contribution is 6.16. The largest absolute Gasteiger partial charge is 0.465 e. The molecule has 2 aliphatic rings. The Balaban J connectivity index is 1.72. The molecule has 4 rings (SSSR count). The van der Waals surface area contributed by atoms with Crippen LogP contribution in [0, 0.1) is 27.7 Å². The molecule has 0 N–H and O–H groups in total. The van der Waals surface area contributed by atoms with Crippen LogP contribution < -0.4 is 0 Å². The number of carbonyl (C=O) groups is 2. The van der Waals surface area contributed by atoms with E-state index in [1.807, 2.05) is 13.0 Å². The van der Waals surface area contributed by atoms with Crippen LogP contribution in [0.4, 0.5) is 0 Å². The van der Waals surface area contributed by atoms with E-state index in [4.69, 9.17) is 4.74 Å². The van der Waals surface area contributed by atoms with E-state index < -0.39 is 5.97 Å². The highest BCUT2D eigenvalue weighted by atomic mass is 16.5. The highest BCUT2D eigenvalue weighted by Gasteiger charge is 2.37. The van der Waals surface area contributed by atoms with Gasteiger partial charge >= 0.3 is 5.97 Å². The number of nitrogens with zero attached hydrogens (tertiary/aromatic N) is 2. The minimum Gasteiger partial charge on any atom is -0.465 e. The van der Waals surface area contributed by atoms with Crippen molar-refractivity contribution in [2.75, 3.05) is 13.7 Å². The van der Waals surface area contributed by atoms with E-state index in [9.17, 15) is 9.59 Å². The summed E-state index contributed by atoms with van der Waals surface area (Å²) >= 11 is 0. The summed E-state index contributed by atoms with van der Waals surface area (Å²) < 4.78 is 7.31. The van der Waals surface area contributed by atoms with Gasteiger partial charge in [0, 0.05) is 29.3 Å². The molecule has 0 bridgehead atoms. The van der Waals surface area contributed by atoms with Crippen molar-refractivity contribution in [3.8, 4) is 5.69 Å². The first-order valence-electron chi connectivity index (χ1n) is 12.5. The van der Waals surface area contributed by atoms with Crippen molar-refractivity contribution >= 4 is 18.0 Å². The number of hydrogen-bond acceptors (Lipinski definition) is 3. The number of allylic oxidation sites excluding steroid dienone is 2. The maximum atomic E-state index is 13.6. The fourth-order valence-corrected chi connectivity index (χ4v) is 5.30. The molecule has 1 aliphatic heterocycles. The van der Waals surface area contributed by atoms with Crippen molar-refractivity contribution in [1.29, 1.82) is 0 Å². The molecule has 1 aliphatic carbocycles. The van der Waals surface area contributed by atoms with Crippen LogP contribution in [-0.4, -0.2) is 35.0 Å². The number of hydrogen-bond donors (Lipinski definition) is 0. The third-order valence-electron chi connectivity index (χ3n) is 7.32. The molecule has 5 nitrogen and oxygen atoms in total. The van der Waals surface area contributed by atoms with Crippen molar-refractivity contribution < 1.29 is 14.3 Å². The Morgan fingerprint density at radius 3 is 2.54 bits per heavy atom. The lowest BCUT2D eigenvalue weighted by molar-refractivity contribution is -0.136. The number of rotatable bonds is 6. The van der Waals surface area contributed by atoms with E-state index in [0.29, 0.717) is 23.4 Å². The van der Waals surface area contributed by atoms with E-state index in [1.165, 1.54) is 36.7 Å². The van der Waals surface area contributed by atoms with Crippen LogP contribution in [0.3, 0.4) is 0 Å². The van der Waals surface area contributed by atoms with Crippen molar-refractivity contribution in [3.05, 3.63) is 80.8 Å². The van der Waals surface area contributed by atoms with E-state index in [0.717, 1.165) is 41.9 Å². The van der Waals surface area contributed by atoms with Crippen LogP contribution in [0.5, 0.6) is 0 Å². The van der Waals surface area contributed by atoms with Gasteiger partial charge in [-0.2, -0.15) is 0 Å². The summed E-state index contributed by atoms with van der Waals surface area (Å²) in [5, 5.41) is 0. The van der Waals surface area contributed by atoms with Crippen LogP contribution in [0.2, 0.25) is 0 Å². The van der Waals surface area contributed by atoms with E-state index in [-0.39, 0.29) is 5.91 Å². The lowest BCUT2D eigenvalue weighted by Gasteiger charge is -2.20. The average molecular weight is 473 g/mol. The zero-order valence-corrected chi connectivity index (χ0v) is 21.8. The number of methoxy groups -OCH3 is 1. The first-order valence-corrected chi connectivity index (χ1v) is 12.5. The summed E-state index contributed by atoms with van der Waals surface area (Å²) in [5.74, 6) is -0.597. The van der Waals surface area contributed by atoms with Gasteiger partial charge < -0.3 is 14.2 Å². The first kappa shape index (κ1) is 24.8. The van der Waals surface area contributed by atoms with Gasteiger partial charge in [0.1, 0.15) is 0 Å². The molecule has 1 aromatic heterocycles. The number of esters is 1. The SMILES string of the molecule is COC(=O)C1=C(C)N(CCC2=CCCCC2)C(=O)/C1=C\c1cc(C)n(-c2cc(C)ccc2C)c1C. The standard InChI is InChI=1S/C30H36N2O3/c1-19-12-13-20(2)27(16-19)32-21(3)17-25(22(32)4)18-26-28(30(34)35-6)23(5)31(29(26)33)15-14-24-10-8-7-9-11-24/h10,12-13,16-18H,7-9,11,14-15H2,1-6H3/b26-18-. The second kappa shape index (κ2) is 10.1. The number of carbonyl (C=O) groups excluding carboxylic acids is 2. The smallest absolute Gasteiger partial charge is 0.340 e. The Labute approximate surface area is 208 Å². The third-order valence-corrected chi connectivity index (χ3v) is 7.32. The van der Waals surface area contributed by atoms with Gasteiger partial charge in [-0.3, -0.25) is 4.79 Å². The van der Waals surface area contributed by atoms with Gasteiger partial charge in [0.05, 0.1) is 18.3 Å². The molecule has 184 valence electrons. The molecule has 0 saturated heterocycles. The van der Waals surface area contributed by atoms with Gasteiger partial charge in [-0.1, -0.05) is 23.8 Å². The molecule has 2 aromatic rings. The number of ether oxygens (including phenoxy) is 1. The molecule has 0 atom stereocenters. The van der Waals surface area contributed by atoms with Gasteiger partial charge in [0.25, 0.3) is 5.91 Å². The Hall–Kier alpha value is -3.34. The Kier molecular flexibility index (Phi) is 7.15. The van der Waals surface area contributed by atoms with Crippen LogP contribution in [-0.2, 0) is 14.3 Å². The number of aryl methyl sites for hydroxylation is 3. The zero-order valence-electron chi connectivity index (χ0n) is 21.8. The molecule has 0 saturated carbocycles. The third kappa shape index (κ3) is 4.77. The number of aromatic nitrogens is 1. The monoisotopic (exact) mass is 472 g/mol. The Morgan fingerprint density at radius 1 is 1.09 bits per heavy atom. The molecule has 35 heavy (non-hydrogen) atoms. The maximum absolute atomic E-state index is 13.6. The number of benzene rings is 1. The Morgan fingerprint density at radius 2 is 1.86 bits per heavy atom. The molecule has 0 radical (unpaired) electrons. The fourth-order valence-electron chi connectivity index (χ4n) is 5.30. The molecule has 1 amide bonds. The molecule has 0 fully saturated rings. The van der Waals surface area contributed by atoms with E-state index in [1.54, 1.807) is 4.90 Å². The second-order valence-electron chi connectivity index (χ2n) is 9.78. The van der Waals surface area contributed by atoms with Crippen molar-refractivity contribution in [3.63, 3.8) is 0 Å². The average Bonchev–Trinajstić information content (AvgIpc) is 3.25. The quantitative estimate of drug-likeness (QED) is 0.283. The van der Waals surface area contributed by atoms with Gasteiger partial charge in [-0.05, 0) is 102 Å². The first-order chi connectivity index (χ1) is 16.7. The fraction of sp³-hybridized carbons (Fsp3) is 0.400. The predicted molar refractivity (Wildman–Crippen MR) is 140 cm³/mol. The van der Waals surface area contributed by atoms with Gasteiger partial charge in [0.2, 0.25) is 0 Å². The highest BCUT2D eigenvalue weighted by Crippen LogP contribution is 2.34. The summed E-state index contributed by atoms with van der Waals surface area (Å²) in [7, 11) is 1.37. The van der Waals surface area contributed by atoms with E-state index in [2.05, 4.69) is 62.6 Å². The van der Waals surface area contributed by atoms with Crippen molar-refractivity contribution in [2.24, 2.45) is 0 Å². The summed E-state index contributed by atoms with van der Waals surface area (Å²) in [4.78, 5) is 28.1. The van der Waals surface area contributed by atoms with E-state index >= 15 is 0 Å². The minimum absolute atomic E-state index is 0.129. The molecule has 0 unspecified atom stereocenters. The Bertz CT molecular complexity index is 1270. The summed E-state index contributed by atoms with van der Waals surface area (Å²) in [6.07, 6.45) is 9.68. The molecular weight excluding hydrogens is 436 g/mol. The molecule has 1 aromatic carbocycles. The minimum atomic E-state index is -0.468. The van der Waals surface area contributed by atoms with Crippen molar-refractivity contribution in [2.45, 2.75) is 66.7 Å². The molecule has 5 heteroatoms. The molecule has 2 heterocycles. The van der Waals surface area contributed by atoms with Crippen LogP contribution in [0.25, 0.3) is 11.8 Å². The maximum Gasteiger partial charge on any atom is 0.340 e. The van der Waals surface area contributed by atoms with Gasteiger partial charge in [-0.15, -0.1) is 0 Å². The molecular formula is C30H36N2O3. The lowest BCUT2D eigenvalue weighted by atomic mass is 9.97. The summed E-state index contributed by atoms with van der Waals surface area (Å²) in [6.45, 7) is 10.7. The summed E-state index contributed by atoms with van der Waals surface area (Å²) in [5.41, 5.74) is 9.40. The van der Waals surface area contributed by atoms with Gasteiger partial charge in [-0.25, -0.2) is 4.79 Å². The lowest BCUT2D eigenvalue weighted by Crippen LogP contribution is -2.26. The predicted octanol–water partition coefficient (Wildman–Crippen LogP) is 6.27.